The standard InChI is InChI=1S/C18H19ClN6O3/c1-10-7-23(12-5-3-4-11(19)6-12)17-21-15-14(24(17)8-10)16(27)25(9-13(20)26)18(28)22(15)2/h3-6,10H,7-9H2,1-2H3,(H2,20,26). The number of carbonyl (C=O) groups excluding carboxylic acids is 1. The predicted octanol–water partition coefficient (Wildman–Crippen LogP) is 0.823. The third-order valence-electron chi connectivity index (χ3n) is 4.88. The Morgan fingerprint density at radius 3 is 2.75 bits per heavy atom. The summed E-state index contributed by atoms with van der Waals surface area (Å²) >= 11 is 6.15. The number of rotatable bonds is 3. The third kappa shape index (κ3) is 2.78. The van der Waals surface area contributed by atoms with Crippen LogP contribution in [0.25, 0.3) is 11.2 Å². The first-order chi connectivity index (χ1) is 13.3. The Bertz CT molecular complexity index is 1220. The van der Waals surface area contributed by atoms with Gasteiger partial charge in [-0.3, -0.25) is 14.2 Å². The maximum absolute atomic E-state index is 13.0. The van der Waals surface area contributed by atoms with Gasteiger partial charge in [-0.2, -0.15) is 4.98 Å². The minimum atomic E-state index is -0.758. The first kappa shape index (κ1) is 18.3. The number of primary amides is 1. The summed E-state index contributed by atoms with van der Waals surface area (Å²) in [5.74, 6) is 0.00949. The van der Waals surface area contributed by atoms with Crippen molar-refractivity contribution in [2.75, 3.05) is 11.4 Å². The molecule has 1 aliphatic heterocycles. The van der Waals surface area contributed by atoms with Gasteiger partial charge in [0.25, 0.3) is 5.56 Å². The second kappa shape index (κ2) is 6.52. The molecule has 0 saturated heterocycles. The molecule has 1 amide bonds. The smallest absolute Gasteiger partial charge is 0.332 e. The fraction of sp³-hybridized carbons (Fsp3) is 0.333. The summed E-state index contributed by atoms with van der Waals surface area (Å²) in [4.78, 5) is 43.5. The van der Waals surface area contributed by atoms with Crippen LogP contribution in [0.2, 0.25) is 5.02 Å². The number of benzene rings is 1. The summed E-state index contributed by atoms with van der Waals surface area (Å²) in [5.41, 5.74) is 5.40. The van der Waals surface area contributed by atoms with E-state index in [1.54, 1.807) is 10.6 Å². The Hall–Kier alpha value is -3.07. The molecule has 1 aliphatic rings. The summed E-state index contributed by atoms with van der Waals surface area (Å²) in [5, 5.41) is 0.592. The van der Waals surface area contributed by atoms with Gasteiger partial charge in [0, 0.05) is 30.8 Å². The van der Waals surface area contributed by atoms with Crippen molar-refractivity contribution in [1.29, 1.82) is 0 Å². The second-order valence-corrected chi connectivity index (χ2v) is 7.53. The molecule has 0 saturated carbocycles. The number of halogens is 1. The van der Waals surface area contributed by atoms with Crippen molar-refractivity contribution in [3.63, 3.8) is 0 Å². The Balaban J connectivity index is 2.02. The van der Waals surface area contributed by atoms with E-state index in [0.717, 1.165) is 10.3 Å². The highest BCUT2D eigenvalue weighted by Gasteiger charge is 2.30. The van der Waals surface area contributed by atoms with E-state index in [1.807, 2.05) is 23.1 Å². The molecular weight excluding hydrogens is 384 g/mol. The molecule has 28 heavy (non-hydrogen) atoms. The van der Waals surface area contributed by atoms with Crippen LogP contribution in [-0.4, -0.2) is 31.1 Å². The van der Waals surface area contributed by atoms with Crippen molar-refractivity contribution >= 4 is 40.3 Å². The fourth-order valence-corrected chi connectivity index (χ4v) is 3.85. The van der Waals surface area contributed by atoms with Gasteiger partial charge in [-0.15, -0.1) is 0 Å². The lowest BCUT2D eigenvalue weighted by Gasteiger charge is -2.33. The lowest BCUT2D eigenvalue weighted by atomic mass is 10.1. The summed E-state index contributed by atoms with van der Waals surface area (Å²) in [6, 6.07) is 7.37. The number of nitrogens with zero attached hydrogens (tertiary/aromatic N) is 5. The van der Waals surface area contributed by atoms with E-state index in [0.29, 0.717) is 24.1 Å². The third-order valence-corrected chi connectivity index (χ3v) is 5.11. The first-order valence-electron chi connectivity index (χ1n) is 8.79. The van der Waals surface area contributed by atoms with Crippen LogP contribution in [0.5, 0.6) is 0 Å². The monoisotopic (exact) mass is 402 g/mol. The number of aryl methyl sites for hydroxylation is 1. The van der Waals surface area contributed by atoms with Gasteiger partial charge in [-0.25, -0.2) is 9.36 Å². The zero-order chi connectivity index (χ0) is 20.2. The quantitative estimate of drug-likeness (QED) is 0.697. The Kier molecular flexibility index (Phi) is 4.26. The fourth-order valence-electron chi connectivity index (χ4n) is 3.66. The topological polar surface area (TPSA) is 108 Å². The molecule has 1 atom stereocenters. The second-order valence-electron chi connectivity index (χ2n) is 7.09. The van der Waals surface area contributed by atoms with Crippen LogP contribution >= 0.6 is 11.6 Å². The summed E-state index contributed by atoms with van der Waals surface area (Å²) < 4.78 is 3.91. The molecule has 146 valence electrons. The number of aromatic nitrogens is 4. The molecule has 1 aromatic carbocycles. The zero-order valence-electron chi connectivity index (χ0n) is 15.4. The van der Waals surface area contributed by atoms with Gasteiger partial charge in [-0.1, -0.05) is 24.6 Å². The SMILES string of the molecule is CC1CN(c2cccc(Cl)c2)c2nc3c(c(=O)n(CC(N)=O)c(=O)n3C)n2C1. The average molecular weight is 403 g/mol. The van der Waals surface area contributed by atoms with Crippen LogP contribution in [0.1, 0.15) is 6.92 Å². The first-order valence-corrected chi connectivity index (χ1v) is 9.17. The van der Waals surface area contributed by atoms with Crippen LogP contribution < -0.4 is 21.9 Å². The highest BCUT2D eigenvalue weighted by Crippen LogP contribution is 2.33. The van der Waals surface area contributed by atoms with Crippen LogP contribution in [0.4, 0.5) is 11.6 Å². The molecule has 0 spiro atoms. The van der Waals surface area contributed by atoms with Gasteiger partial charge in [-0.05, 0) is 24.1 Å². The molecule has 4 rings (SSSR count). The van der Waals surface area contributed by atoms with Gasteiger partial charge < -0.3 is 15.2 Å². The van der Waals surface area contributed by atoms with E-state index in [1.165, 1.54) is 11.6 Å². The molecule has 0 fully saturated rings. The Labute approximate surface area is 164 Å². The van der Waals surface area contributed by atoms with E-state index in [4.69, 9.17) is 17.3 Å². The van der Waals surface area contributed by atoms with Crippen molar-refractivity contribution in [3.8, 4) is 0 Å². The molecule has 3 heterocycles. The lowest BCUT2D eigenvalue weighted by molar-refractivity contribution is -0.118. The molecule has 0 bridgehead atoms. The number of amides is 1. The number of anilines is 2. The number of fused-ring (bicyclic) bond motifs is 3. The predicted molar refractivity (Wildman–Crippen MR) is 106 cm³/mol. The number of hydrogen-bond donors (Lipinski definition) is 1. The molecule has 3 aromatic rings. The average Bonchev–Trinajstić information content (AvgIpc) is 3.02. The molecule has 2 aromatic heterocycles. The highest BCUT2D eigenvalue weighted by atomic mass is 35.5. The van der Waals surface area contributed by atoms with Crippen molar-refractivity contribution in [2.45, 2.75) is 20.0 Å². The zero-order valence-corrected chi connectivity index (χ0v) is 16.2. The lowest BCUT2D eigenvalue weighted by Crippen LogP contribution is -2.43. The van der Waals surface area contributed by atoms with E-state index in [9.17, 15) is 14.4 Å². The normalized spacial score (nSPS) is 16.4. The number of nitrogens with two attached hydrogens (primary N) is 1. The molecule has 0 radical (unpaired) electrons. The van der Waals surface area contributed by atoms with Gasteiger partial charge >= 0.3 is 5.69 Å². The molecule has 0 aliphatic carbocycles. The summed E-state index contributed by atoms with van der Waals surface area (Å²) in [7, 11) is 1.52. The minimum Gasteiger partial charge on any atom is -0.368 e. The van der Waals surface area contributed by atoms with Gasteiger partial charge in [0.1, 0.15) is 6.54 Å². The van der Waals surface area contributed by atoms with Crippen LogP contribution in [-0.2, 0) is 24.9 Å². The molecule has 10 heteroatoms. The van der Waals surface area contributed by atoms with Crippen molar-refractivity contribution < 1.29 is 4.79 Å². The van der Waals surface area contributed by atoms with Gasteiger partial charge in [0.2, 0.25) is 11.9 Å². The van der Waals surface area contributed by atoms with Crippen LogP contribution in [0, 0.1) is 5.92 Å². The summed E-state index contributed by atoms with van der Waals surface area (Å²) in [6.07, 6.45) is 0. The largest absolute Gasteiger partial charge is 0.368 e. The number of hydrogen-bond acceptors (Lipinski definition) is 5. The Morgan fingerprint density at radius 1 is 1.32 bits per heavy atom. The molecule has 1 unspecified atom stereocenters. The maximum atomic E-state index is 13.0. The summed E-state index contributed by atoms with van der Waals surface area (Å²) in [6.45, 7) is 2.84. The highest BCUT2D eigenvalue weighted by molar-refractivity contribution is 6.30. The van der Waals surface area contributed by atoms with Gasteiger partial charge in [0.05, 0.1) is 0 Å². The van der Waals surface area contributed by atoms with Crippen LogP contribution in [0.15, 0.2) is 33.9 Å². The number of imidazole rings is 1. The van der Waals surface area contributed by atoms with Gasteiger partial charge in [0.15, 0.2) is 11.2 Å². The van der Waals surface area contributed by atoms with E-state index in [2.05, 4.69) is 11.9 Å². The van der Waals surface area contributed by atoms with Crippen molar-refractivity contribution in [2.24, 2.45) is 18.7 Å². The molecule has 2 N–H and O–H groups in total. The van der Waals surface area contributed by atoms with Crippen molar-refractivity contribution in [1.82, 2.24) is 18.7 Å². The molecule has 9 nitrogen and oxygen atoms in total. The van der Waals surface area contributed by atoms with Crippen molar-refractivity contribution in [3.05, 3.63) is 50.1 Å². The maximum Gasteiger partial charge on any atom is 0.332 e. The minimum absolute atomic E-state index is 0.213. The molecular formula is C18H19ClN6O3. The van der Waals surface area contributed by atoms with E-state index in [-0.39, 0.29) is 17.1 Å². The number of carbonyl (C=O) groups is 1. The van der Waals surface area contributed by atoms with Crippen LogP contribution in [0.3, 0.4) is 0 Å². The van der Waals surface area contributed by atoms with E-state index < -0.39 is 23.7 Å². The Morgan fingerprint density at radius 2 is 2.07 bits per heavy atom. The van der Waals surface area contributed by atoms with E-state index >= 15 is 0 Å².